The lowest BCUT2D eigenvalue weighted by Gasteiger charge is -2.25. The second kappa shape index (κ2) is 9.91. The first-order valence-electron chi connectivity index (χ1n) is 11.1. The van der Waals surface area contributed by atoms with Gasteiger partial charge in [-0.2, -0.15) is 0 Å². The molecule has 174 valence electrons. The van der Waals surface area contributed by atoms with Crippen molar-refractivity contribution in [2.45, 2.75) is 25.8 Å². The number of hydrogen-bond donors (Lipinski definition) is 3. The minimum Gasteiger partial charge on any atom is -0.389 e. The van der Waals surface area contributed by atoms with Gasteiger partial charge in [0.2, 0.25) is 0 Å². The number of nitrogens with two attached hydrogens (primary N) is 1. The summed E-state index contributed by atoms with van der Waals surface area (Å²) in [6.07, 6.45) is 5.57. The Morgan fingerprint density at radius 3 is 2.76 bits per heavy atom. The first-order chi connectivity index (χ1) is 16.0. The Hall–Kier alpha value is -3.59. The van der Waals surface area contributed by atoms with Gasteiger partial charge >= 0.3 is 0 Å². The van der Waals surface area contributed by atoms with Crippen LogP contribution in [0.1, 0.15) is 25.8 Å². The summed E-state index contributed by atoms with van der Waals surface area (Å²) >= 11 is 0. The normalized spacial score (nSPS) is 14.9. The zero-order valence-corrected chi connectivity index (χ0v) is 19.0. The third kappa shape index (κ3) is 4.93. The number of rotatable bonds is 4. The van der Waals surface area contributed by atoms with E-state index in [1.165, 1.54) is 12.1 Å². The van der Waals surface area contributed by atoms with E-state index in [1.807, 2.05) is 30.1 Å². The molecule has 0 atom stereocenters. The van der Waals surface area contributed by atoms with Crippen LogP contribution in [-0.2, 0) is 11.8 Å². The average molecular weight is 452 g/mol. The maximum absolute atomic E-state index is 12.4. The van der Waals surface area contributed by atoms with Crippen LogP contribution in [-0.4, -0.2) is 44.1 Å². The van der Waals surface area contributed by atoms with Crippen LogP contribution in [0, 0.1) is 5.82 Å². The average Bonchev–Trinajstić information content (AvgIpc) is 3.14. The van der Waals surface area contributed by atoms with Gasteiger partial charge in [0.25, 0.3) is 0 Å². The van der Waals surface area contributed by atoms with Crippen molar-refractivity contribution in [2.75, 3.05) is 25.5 Å². The fourth-order valence-corrected chi connectivity index (χ4v) is 4.00. The zero-order valence-electron chi connectivity index (χ0n) is 19.0. The number of benzene rings is 1. The van der Waals surface area contributed by atoms with Gasteiger partial charge in [0.15, 0.2) is 0 Å². The summed E-state index contributed by atoms with van der Waals surface area (Å²) in [6, 6.07) is 8.82. The summed E-state index contributed by atoms with van der Waals surface area (Å²) in [5.41, 5.74) is 8.71. The molecule has 0 spiro atoms. The summed E-state index contributed by atoms with van der Waals surface area (Å²) in [5.74, 6) is 1.19. The van der Waals surface area contributed by atoms with Crippen molar-refractivity contribution in [2.24, 2.45) is 7.05 Å². The molecule has 0 radical (unpaired) electrons. The van der Waals surface area contributed by atoms with Crippen LogP contribution < -0.4 is 21.7 Å². The number of imidazole rings is 1. The smallest absolute Gasteiger partial charge is 0.141 e. The second-order valence-electron chi connectivity index (χ2n) is 7.98. The number of fused-ring (bicyclic) bond motifs is 1. The Morgan fingerprint density at radius 2 is 2.09 bits per heavy atom. The quantitative estimate of drug-likeness (QED) is 0.442. The van der Waals surface area contributed by atoms with Gasteiger partial charge < -0.3 is 20.4 Å². The highest BCUT2D eigenvalue weighted by Gasteiger charge is 2.21. The molecule has 5 rings (SSSR count). The number of H-pyrrole nitrogens is 1. The van der Waals surface area contributed by atoms with Gasteiger partial charge in [0.05, 0.1) is 16.4 Å². The highest BCUT2D eigenvalue weighted by atomic mass is 19.1. The lowest BCUT2D eigenvalue weighted by Crippen LogP contribution is -2.34. The third-order valence-electron chi connectivity index (χ3n) is 5.69. The van der Waals surface area contributed by atoms with Crippen LogP contribution in [0.25, 0.3) is 35.2 Å². The molecule has 0 aliphatic carbocycles. The minimum atomic E-state index is -0.195. The Morgan fingerprint density at radius 1 is 1.30 bits per heavy atom. The summed E-state index contributed by atoms with van der Waals surface area (Å²) in [5, 5.41) is 7.91. The molecule has 3 aromatic heterocycles. The van der Waals surface area contributed by atoms with E-state index in [2.05, 4.69) is 33.5 Å². The van der Waals surface area contributed by atoms with Crippen LogP contribution >= 0.6 is 0 Å². The Labute approximate surface area is 191 Å². The highest BCUT2D eigenvalue weighted by molar-refractivity contribution is 5.76. The fraction of sp³-hybridized carbons (Fsp3) is 0.333. The molecule has 0 unspecified atom stereocenters. The van der Waals surface area contributed by atoms with Gasteiger partial charge in [-0.05, 0) is 44.0 Å². The molecule has 0 amide bonds. The van der Waals surface area contributed by atoms with Crippen molar-refractivity contribution in [3.8, 4) is 11.4 Å². The summed E-state index contributed by atoms with van der Waals surface area (Å²) in [6.45, 7) is 8.70. The van der Waals surface area contributed by atoms with Crippen LogP contribution in [0.5, 0.6) is 0 Å². The van der Waals surface area contributed by atoms with Gasteiger partial charge in [-0.3, -0.25) is 9.78 Å². The molecule has 9 heteroatoms. The van der Waals surface area contributed by atoms with Crippen LogP contribution in [0.4, 0.5) is 10.2 Å². The van der Waals surface area contributed by atoms with E-state index < -0.39 is 0 Å². The number of ether oxygens (including phenoxy) is 1. The number of aromatic nitrogens is 5. The molecule has 0 saturated carbocycles. The van der Waals surface area contributed by atoms with Crippen molar-refractivity contribution >= 4 is 29.6 Å². The Bertz CT molecular complexity index is 1330. The zero-order chi connectivity index (χ0) is 23.4. The van der Waals surface area contributed by atoms with E-state index in [0.29, 0.717) is 11.9 Å². The number of nitrogens with zero attached hydrogens (tertiary/aromatic N) is 4. The number of anilines is 1. The van der Waals surface area contributed by atoms with Crippen LogP contribution in [0.15, 0.2) is 36.5 Å². The summed E-state index contributed by atoms with van der Waals surface area (Å²) < 4.78 is 22.0. The van der Waals surface area contributed by atoms with Gasteiger partial charge in [0, 0.05) is 56.9 Å². The summed E-state index contributed by atoms with van der Waals surface area (Å²) in [7, 11) is 1.89. The predicted octanol–water partition coefficient (Wildman–Crippen LogP) is 2.28. The number of halogens is 1. The van der Waals surface area contributed by atoms with Gasteiger partial charge in [0.1, 0.15) is 22.8 Å². The molecular formula is C24H30FN7O. The summed E-state index contributed by atoms with van der Waals surface area (Å²) in [4.78, 5) is 8.86. The number of hydrogen-bond acceptors (Lipinski definition) is 5. The number of aromatic amines is 1. The van der Waals surface area contributed by atoms with E-state index in [-0.39, 0.29) is 5.82 Å². The first kappa shape index (κ1) is 22.6. The third-order valence-corrected chi connectivity index (χ3v) is 5.69. The van der Waals surface area contributed by atoms with E-state index in [0.717, 1.165) is 65.7 Å². The first-order valence-corrected chi connectivity index (χ1v) is 11.1. The highest BCUT2D eigenvalue weighted by Crippen LogP contribution is 2.25. The van der Waals surface area contributed by atoms with Crippen molar-refractivity contribution < 1.29 is 9.13 Å². The molecule has 8 nitrogen and oxygen atoms in total. The standard InChI is InChI=1S/C17H23N5O.C7H7FN2/c1-3-19-11-15-12(2)22(14-5-8-23-9-6-14)17(21-15)13-4-7-20-16(18)10-13;1-10-7-3-2-5(8)4-6(7)9-10/h4,7,10-11,14,19H,2-3,5-6,8-9H2,1H3,(H2,18,20);2-4,9H,1H3/b15-11+;. The fourth-order valence-electron chi connectivity index (χ4n) is 4.00. The maximum atomic E-state index is 12.4. The maximum Gasteiger partial charge on any atom is 0.141 e. The van der Waals surface area contributed by atoms with E-state index in [9.17, 15) is 4.39 Å². The predicted molar refractivity (Wildman–Crippen MR) is 129 cm³/mol. The van der Waals surface area contributed by atoms with E-state index in [1.54, 1.807) is 12.3 Å². The second-order valence-corrected chi connectivity index (χ2v) is 7.98. The Balaban J connectivity index is 0.000000214. The SMILES string of the molecule is C=c1/c(=C\NCC)nc(-c2ccnc(N)c2)n1C1CCOCC1.Cn1[nH]c2cc(F)ccc21. The Kier molecular flexibility index (Phi) is 6.79. The molecule has 1 aliphatic rings. The van der Waals surface area contributed by atoms with Gasteiger partial charge in [-0.1, -0.05) is 6.58 Å². The molecule has 1 aromatic carbocycles. The van der Waals surface area contributed by atoms with Crippen molar-refractivity contribution in [1.29, 1.82) is 0 Å². The lowest BCUT2D eigenvalue weighted by atomic mass is 10.1. The van der Waals surface area contributed by atoms with Crippen LogP contribution in [0.3, 0.4) is 0 Å². The molecule has 4 aromatic rings. The molecular weight excluding hydrogens is 421 g/mol. The molecule has 1 fully saturated rings. The van der Waals surface area contributed by atoms with E-state index in [4.69, 9.17) is 15.5 Å². The molecule has 33 heavy (non-hydrogen) atoms. The molecule has 4 N–H and O–H groups in total. The number of nitrogen functional groups attached to an aromatic ring is 1. The van der Waals surface area contributed by atoms with Gasteiger partial charge in [-0.25, -0.2) is 14.4 Å². The molecule has 0 bridgehead atoms. The number of aryl methyl sites for hydroxylation is 1. The topological polar surface area (TPSA) is 98.7 Å². The van der Waals surface area contributed by atoms with Crippen LogP contribution in [0.2, 0.25) is 0 Å². The molecule has 4 heterocycles. The van der Waals surface area contributed by atoms with Gasteiger partial charge in [-0.15, -0.1) is 0 Å². The van der Waals surface area contributed by atoms with E-state index >= 15 is 0 Å². The van der Waals surface area contributed by atoms with Crippen molar-refractivity contribution in [3.63, 3.8) is 0 Å². The van der Waals surface area contributed by atoms with Crippen molar-refractivity contribution in [3.05, 3.63) is 53.0 Å². The number of nitrogens with one attached hydrogen (secondary N) is 2. The van der Waals surface area contributed by atoms with Crippen molar-refractivity contribution in [1.82, 2.24) is 29.6 Å². The lowest BCUT2D eigenvalue weighted by molar-refractivity contribution is 0.0693. The monoisotopic (exact) mass is 451 g/mol. The molecule has 1 aliphatic heterocycles. The molecule has 1 saturated heterocycles. The largest absolute Gasteiger partial charge is 0.389 e. The number of pyridine rings is 1. The minimum absolute atomic E-state index is 0.195.